The summed E-state index contributed by atoms with van der Waals surface area (Å²) in [5.41, 5.74) is 3.90. The molecule has 5 nitrogen and oxygen atoms in total. The van der Waals surface area contributed by atoms with Gasteiger partial charge in [-0.15, -0.1) is 0 Å². The lowest BCUT2D eigenvalue weighted by molar-refractivity contribution is -0.118. The molecule has 124 valence electrons. The summed E-state index contributed by atoms with van der Waals surface area (Å²) in [4.78, 5) is 19.5. The van der Waals surface area contributed by atoms with Crippen molar-refractivity contribution in [2.24, 2.45) is 0 Å². The van der Waals surface area contributed by atoms with Crippen LogP contribution in [0.5, 0.6) is 5.75 Å². The monoisotopic (exact) mass is 323 g/mol. The van der Waals surface area contributed by atoms with Crippen LogP contribution in [0.2, 0.25) is 0 Å². The minimum Gasteiger partial charge on any atom is -0.483 e. The normalized spacial score (nSPS) is 11.0. The lowest BCUT2D eigenvalue weighted by atomic mass is 10.0. The smallest absolute Gasteiger partial charge is 0.264 e. The third kappa shape index (κ3) is 3.56. The van der Waals surface area contributed by atoms with Gasteiger partial charge in [-0.2, -0.15) is 0 Å². The maximum Gasteiger partial charge on any atom is 0.264 e. The Bertz CT molecular complexity index is 835. The Morgan fingerprint density at radius 1 is 1.25 bits per heavy atom. The lowest BCUT2D eigenvalue weighted by Gasteiger charge is -2.14. The highest BCUT2D eigenvalue weighted by atomic mass is 16.5. The molecule has 1 heterocycles. The zero-order valence-corrected chi connectivity index (χ0v) is 14.1. The zero-order valence-electron chi connectivity index (χ0n) is 14.1. The molecule has 0 fully saturated rings. The van der Waals surface area contributed by atoms with Crippen molar-refractivity contribution in [3.05, 3.63) is 53.6 Å². The van der Waals surface area contributed by atoms with Gasteiger partial charge in [-0.3, -0.25) is 10.1 Å². The number of imidazole rings is 1. The fourth-order valence-corrected chi connectivity index (χ4v) is 2.57. The number of hydrogen-bond donors (Lipinski definition) is 2. The Balaban J connectivity index is 1.66. The first-order valence-electron chi connectivity index (χ1n) is 8.01. The molecule has 0 spiro atoms. The number of H-pyrrole nitrogens is 1. The molecule has 0 atom stereocenters. The highest BCUT2D eigenvalue weighted by Crippen LogP contribution is 2.27. The SMILES string of the molecule is Cc1ccc(C(C)C)c(OCC(=O)Nc2nc3ccccc3[nH]2)c1. The van der Waals surface area contributed by atoms with Crippen LogP contribution in [0.3, 0.4) is 0 Å². The van der Waals surface area contributed by atoms with Gasteiger partial charge in [0.25, 0.3) is 5.91 Å². The number of aromatic nitrogens is 2. The van der Waals surface area contributed by atoms with E-state index in [1.807, 2.05) is 43.3 Å². The highest BCUT2D eigenvalue weighted by molar-refractivity contribution is 5.92. The van der Waals surface area contributed by atoms with Gasteiger partial charge in [0, 0.05) is 0 Å². The summed E-state index contributed by atoms with van der Waals surface area (Å²) in [6.45, 7) is 6.16. The van der Waals surface area contributed by atoms with Crippen LogP contribution >= 0.6 is 0 Å². The molecule has 0 saturated carbocycles. The van der Waals surface area contributed by atoms with E-state index < -0.39 is 0 Å². The van der Waals surface area contributed by atoms with Gasteiger partial charge in [0.2, 0.25) is 5.95 Å². The number of nitrogens with one attached hydrogen (secondary N) is 2. The summed E-state index contributed by atoms with van der Waals surface area (Å²) in [5.74, 6) is 1.27. The van der Waals surface area contributed by atoms with E-state index in [0.29, 0.717) is 11.9 Å². The van der Waals surface area contributed by atoms with Gasteiger partial charge >= 0.3 is 0 Å². The molecule has 2 N–H and O–H groups in total. The van der Waals surface area contributed by atoms with E-state index in [9.17, 15) is 4.79 Å². The van der Waals surface area contributed by atoms with Gasteiger partial charge in [0.1, 0.15) is 5.75 Å². The second kappa shape index (κ2) is 6.74. The van der Waals surface area contributed by atoms with Crippen LogP contribution in [-0.2, 0) is 4.79 Å². The quantitative estimate of drug-likeness (QED) is 0.745. The minimum atomic E-state index is -0.245. The van der Waals surface area contributed by atoms with E-state index in [4.69, 9.17) is 4.74 Å². The average Bonchev–Trinajstić information content (AvgIpc) is 2.94. The van der Waals surface area contributed by atoms with Gasteiger partial charge < -0.3 is 9.72 Å². The van der Waals surface area contributed by atoms with Crippen molar-refractivity contribution < 1.29 is 9.53 Å². The number of fused-ring (bicyclic) bond motifs is 1. The molecule has 0 aliphatic heterocycles. The number of hydrogen-bond acceptors (Lipinski definition) is 3. The first-order valence-corrected chi connectivity index (χ1v) is 8.01. The second-order valence-corrected chi connectivity index (χ2v) is 6.14. The topological polar surface area (TPSA) is 67.0 Å². The number of aromatic amines is 1. The molecule has 0 aliphatic rings. The molecule has 1 amide bonds. The summed E-state index contributed by atoms with van der Waals surface area (Å²) in [5, 5.41) is 2.73. The number of rotatable bonds is 5. The van der Waals surface area contributed by atoms with Crippen LogP contribution in [-0.4, -0.2) is 22.5 Å². The summed E-state index contributed by atoms with van der Waals surface area (Å²) in [7, 11) is 0. The largest absolute Gasteiger partial charge is 0.483 e. The summed E-state index contributed by atoms with van der Waals surface area (Å²) in [6, 6.07) is 13.7. The van der Waals surface area contributed by atoms with E-state index in [2.05, 4.69) is 35.2 Å². The van der Waals surface area contributed by atoms with E-state index >= 15 is 0 Å². The molecule has 0 unspecified atom stereocenters. The fraction of sp³-hybridized carbons (Fsp3) is 0.263. The molecule has 0 saturated heterocycles. The van der Waals surface area contributed by atoms with Gasteiger partial charge in [-0.25, -0.2) is 4.98 Å². The van der Waals surface area contributed by atoms with Crippen molar-refractivity contribution in [1.82, 2.24) is 9.97 Å². The number of carbonyl (C=O) groups is 1. The molecule has 0 bridgehead atoms. The van der Waals surface area contributed by atoms with E-state index in [-0.39, 0.29) is 12.5 Å². The number of para-hydroxylation sites is 2. The van der Waals surface area contributed by atoms with E-state index in [0.717, 1.165) is 27.9 Å². The minimum absolute atomic E-state index is 0.0553. The Hall–Kier alpha value is -2.82. The maximum atomic E-state index is 12.1. The third-order valence-corrected chi connectivity index (χ3v) is 3.80. The van der Waals surface area contributed by atoms with Crippen LogP contribution in [0.1, 0.15) is 30.9 Å². The predicted molar refractivity (Wildman–Crippen MR) is 95.5 cm³/mol. The molecule has 24 heavy (non-hydrogen) atoms. The number of carbonyl (C=O) groups excluding carboxylic acids is 1. The Labute approximate surface area is 141 Å². The molecule has 2 aromatic carbocycles. The number of amides is 1. The molecule has 1 aromatic heterocycles. The van der Waals surface area contributed by atoms with Crippen molar-refractivity contribution >= 4 is 22.9 Å². The van der Waals surface area contributed by atoms with Crippen molar-refractivity contribution in [2.75, 3.05) is 11.9 Å². The van der Waals surface area contributed by atoms with E-state index in [1.54, 1.807) is 0 Å². The number of aryl methyl sites for hydroxylation is 1. The second-order valence-electron chi connectivity index (χ2n) is 6.14. The first kappa shape index (κ1) is 16.1. The van der Waals surface area contributed by atoms with Crippen molar-refractivity contribution in [2.45, 2.75) is 26.7 Å². The first-order chi connectivity index (χ1) is 11.5. The number of nitrogens with zero attached hydrogens (tertiary/aromatic N) is 1. The van der Waals surface area contributed by atoms with Crippen LogP contribution in [0.25, 0.3) is 11.0 Å². The molecule has 0 aliphatic carbocycles. The molecular weight excluding hydrogens is 302 g/mol. The van der Waals surface area contributed by atoms with Crippen LogP contribution in [0.4, 0.5) is 5.95 Å². The number of benzene rings is 2. The third-order valence-electron chi connectivity index (χ3n) is 3.80. The Morgan fingerprint density at radius 2 is 2.04 bits per heavy atom. The van der Waals surface area contributed by atoms with Gasteiger partial charge in [0.15, 0.2) is 6.61 Å². The number of ether oxygens (including phenoxy) is 1. The predicted octanol–water partition coefficient (Wildman–Crippen LogP) is 4.01. The summed E-state index contributed by atoms with van der Waals surface area (Å²) < 4.78 is 5.73. The van der Waals surface area contributed by atoms with E-state index in [1.165, 1.54) is 0 Å². The summed E-state index contributed by atoms with van der Waals surface area (Å²) >= 11 is 0. The Morgan fingerprint density at radius 3 is 2.79 bits per heavy atom. The number of anilines is 1. The van der Waals surface area contributed by atoms with Crippen molar-refractivity contribution in [3.63, 3.8) is 0 Å². The van der Waals surface area contributed by atoms with Gasteiger partial charge in [0.05, 0.1) is 11.0 Å². The Kier molecular flexibility index (Phi) is 4.51. The van der Waals surface area contributed by atoms with Crippen molar-refractivity contribution in [1.29, 1.82) is 0 Å². The zero-order chi connectivity index (χ0) is 17.1. The lowest BCUT2D eigenvalue weighted by Crippen LogP contribution is -2.21. The summed E-state index contributed by atoms with van der Waals surface area (Å²) in [6.07, 6.45) is 0. The van der Waals surface area contributed by atoms with Gasteiger partial charge in [-0.1, -0.05) is 38.1 Å². The maximum absolute atomic E-state index is 12.1. The molecule has 3 aromatic rings. The standard InChI is InChI=1S/C19H21N3O2/c1-12(2)14-9-8-13(3)10-17(14)24-11-18(23)22-19-20-15-6-4-5-7-16(15)21-19/h4-10,12H,11H2,1-3H3,(H2,20,21,22,23). The molecule has 5 heteroatoms. The highest BCUT2D eigenvalue weighted by Gasteiger charge is 2.11. The molecule has 0 radical (unpaired) electrons. The fourth-order valence-electron chi connectivity index (χ4n) is 2.57. The van der Waals surface area contributed by atoms with Gasteiger partial charge in [-0.05, 0) is 42.2 Å². The average molecular weight is 323 g/mol. The molecular formula is C19H21N3O2. The van der Waals surface area contributed by atoms with Crippen LogP contribution in [0, 0.1) is 6.92 Å². The molecule has 3 rings (SSSR count). The van der Waals surface area contributed by atoms with Crippen LogP contribution in [0.15, 0.2) is 42.5 Å². The van der Waals surface area contributed by atoms with Crippen molar-refractivity contribution in [3.8, 4) is 5.75 Å². The van der Waals surface area contributed by atoms with Crippen LogP contribution < -0.4 is 10.1 Å².